The van der Waals surface area contributed by atoms with Crippen LogP contribution in [0.4, 0.5) is 4.79 Å². The highest BCUT2D eigenvalue weighted by Gasteiger charge is 2.37. The predicted octanol–water partition coefficient (Wildman–Crippen LogP) is 6.56. The molecule has 2 N–H and O–H groups in total. The molecule has 0 aliphatic heterocycles. The molecule has 1 aliphatic rings. The largest absolute Gasteiger partial charge is 0.444 e. The number of nitrogens with one attached hydrogen (secondary N) is 2. The third kappa shape index (κ3) is 9.91. The van der Waals surface area contributed by atoms with Crippen molar-refractivity contribution in [3.63, 3.8) is 0 Å². The zero-order valence-electron chi connectivity index (χ0n) is 25.8. The lowest BCUT2D eigenvalue weighted by Crippen LogP contribution is -2.54. The quantitative estimate of drug-likeness (QED) is 0.324. The lowest BCUT2D eigenvalue weighted by atomic mass is 9.93. The number of hydrogen-bond acceptors (Lipinski definition) is 4. The second kappa shape index (κ2) is 15.0. The van der Waals surface area contributed by atoms with Crippen molar-refractivity contribution in [1.82, 2.24) is 15.5 Å². The number of aryl methyl sites for hydroxylation is 2. The Morgan fingerprint density at radius 3 is 2.27 bits per heavy atom. The molecule has 0 radical (unpaired) electrons. The monoisotopic (exact) mass is 563 g/mol. The van der Waals surface area contributed by atoms with Crippen LogP contribution in [0, 0.1) is 13.8 Å². The third-order valence-electron chi connectivity index (χ3n) is 7.67. The molecule has 0 saturated heterocycles. The molecular weight excluding hydrogens is 514 g/mol. The highest BCUT2D eigenvalue weighted by Crippen LogP contribution is 2.27. The molecular formula is C34H49N3O4. The first-order valence-corrected chi connectivity index (χ1v) is 15.2. The van der Waals surface area contributed by atoms with Gasteiger partial charge in [-0.2, -0.15) is 0 Å². The Labute approximate surface area is 246 Å². The zero-order chi connectivity index (χ0) is 30.0. The number of nitrogens with zero attached hydrogens (tertiary/aromatic N) is 1. The van der Waals surface area contributed by atoms with Gasteiger partial charge in [0.2, 0.25) is 11.8 Å². The van der Waals surface area contributed by atoms with Gasteiger partial charge >= 0.3 is 6.09 Å². The number of alkyl carbamates (subject to hydrolysis) is 1. The summed E-state index contributed by atoms with van der Waals surface area (Å²) < 4.78 is 5.54. The molecule has 1 saturated carbocycles. The molecule has 7 heteroatoms. The van der Waals surface area contributed by atoms with Crippen LogP contribution in [0.1, 0.15) is 101 Å². The normalized spacial score (nSPS) is 15.5. The SMILES string of the molecule is CCCCN(C(=O)C(Cc1ccccc1)NC(=O)OC(C)(C)C)C(C(=O)NC1CCCCC1)c1ccc(C)c(C)c1. The topological polar surface area (TPSA) is 87.7 Å². The van der Waals surface area contributed by atoms with Gasteiger partial charge in [-0.1, -0.05) is 81.1 Å². The van der Waals surface area contributed by atoms with Crippen LogP contribution < -0.4 is 10.6 Å². The van der Waals surface area contributed by atoms with E-state index in [0.717, 1.165) is 60.8 Å². The van der Waals surface area contributed by atoms with Crippen molar-refractivity contribution in [1.29, 1.82) is 0 Å². The van der Waals surface area contributed by atoms with Crippen molar-refractivity contribution in [2.75, 3.05) is 6.54 Å². The van der Waals surface area contributed by atoms with Crippen LogP contribution in [-0.2, 0) is 20.7 Å². The molecule has 0 spiro atoms. The van der Waals surface area contributed by atoms with E-state index in [2.05, 4.69) is 17.6 Å². The number of unbranched alkanes of at least 4 members (excludes halogenated alkanes) is 1. The van der Waals surface area contributed by atoms with Crippen molar-refractivity contribution in [3.05, 3.63) is 70.8 Å². The number of carbonyl (C=O) groups is 3. The summed E-state index contributed by atoms with van der Waals surface area (Å²) in [6.45, 7) is 11.9. The minimum Gasteiger partial charge on any atom is -0.444 e. The van der Waals surface area contributed by atoms with E-state index in [4.69, 9.17) is 4.74 Å². The maximum absolute atomic E-state index is 14.5. The highest BCUT2D eigenvalue weighted by atomic mass is 16.6. The molecule has 0 bridgehead atoms. The standard InChI is InChI=1S/C34H49N3O4/c1-7-8-21-37(32(39)29(23-26-15-11-9-12-16-26)36-33(40)41-34(4,5)6)30(27-20-19-24(2)25(3)22-27)31(38)35-28-17-13-10-14-18-28/h9,11-12,15-16,19-20,22,28-30H,7-8,10,13-14,17-18,21,23H2,1-6H3,(H,35,38)(H,36,40). The Hall–Kier alpha value is -3.35. The summed E-state index contributed by atoms with van der Waals surface area (Å²) in [5, 5.41) is 6.12. The first kappa shape index (κ1) is 32.2. The summed E-state index contributed by atoms with van der Waals surface area (Å²) >= 11 is 0. The Morgan fingerprint density at radius 1 is 0.976 bits per heavy atom. The maximum atomic E-state index is 14.5. The van der Waals surface area contributed by atoms with Gasteiger partial charge in [0.1, 0.15) is 17.7 Å². The first-order valence-electron chi connectivity index (χ1n) is 15.2. The molecule has 2 unspecified atom stereocenters. The van der Waals surface area contributed by atoms with Crippen molar-refractivity contribution >= 4 is 17.9 Å². The van der Waals surface area contributed by atoms with Crippen LogP contribution in [0.2, 0.25) is 0 Å². The van der Waals surface area contributed by atoms with Crippen LogP contribution in [-0.4, -0.2) is 47.0 Å². The van der Waals surface area contributed by atoms with E-state index in [9.17, 15) is 14.4 Å². The number of amides is 3. The van der Waals surface area contributed by atoms with Crippen molar-refractivity contribution in [3.8, 4) is 0 Å². The molecule has 2 aromatic rings. The van der Waals surface area contributed by atoms with Gasteiger partial charge < -0.3 is 20.3 Å². The molecule has 0 aromatic heterocycles. The van der Waals surface area contributed by atoms with Crippen LogP contribution in [0.3, 0.4) is 0 Å². The Morgan fingerprint density at radius 2 is 1.66 bits per heavy atom. The zero-order valence-corrected chi connectivity index (χ0v) is 25.8. The summed E-state index contributed by atoms with van der Waals surface area (Å²) in [5.74, 6) is -0.462. The molecule has 0 heterocycles. The molecule has 1 fully saturated rings. The second-order valence-electron chi connectivity index (χ2n) is 12.4. The van der Waals surface area contributed by atoms with Crippen LogP contribution in [0.25, 0.3) is 0 Å². The number of benzene rings is 2. The summed E-state index contributed by atoms with van der Waals surface area (Å²) in [6, 6.07) is 14.0. The van der Waals surface area contributed by atoms with Crippen LogP contribution in [0.15, 0.2) is 48.5 Å². The molecule has 1 aliphatic carbocycles. The van der Waals surface area contributed by atoms with Crippen molar-refractivity contribution in [2.24, 2.45) is 0 Å². The average molecular weight is 564 g/mol. The maximum Gasteiger partial charge on any atom is 0.408 e. The molecule has 224 valence electrons. The fourth-order valence-corrected chi connectivity index (χ4v) is 5.33. The number of carbonyl (C=O) groups excluding carboxylic acids is 3. The smallest absolute Gasteiger partial charge is 0.408 e. The van der Waals surface area contributed by atoms with E-state index < -0.39 is 23.8 Å². The molecule has 2 aromatic carbocycles. The summed E-state index contributed by atoms with van der Waals surface area (Å²) in [7, 11) is 0. The highest BCUT2D eigenvalue weighted by molar-refractivity contribution is 5.92. The van der Waals surface area contributed by atoms with Crippen molar-refractivity contribution in [2.45, 2.75) is 117 Å². The van der Waals surface area contributed by atoms with E-state index in [0.29, 0.717) is 6.54 Å². The van der Waals surface area contributed by atoms with Crippen molar-refractivity contribution < 1.29 is 19.1 Å². The van der Waals surface area contributed by atoms with E-state index in [1.165, 1.54) is 6.42 Å². The Kier molecular flexibility index (Phi) is 11.8. The fraction of sp³-hybridized carbons (Fsp3) is 0.559. The molecule has 7 nitrogen and oxygen atoms in total. The predicted molar refractivity (Wildman–Crippen MR) is 164 cm³/mol. The molecule has 3 rings (SSSR count). The van der Waals surface area contributed by atoms with Crippen LogP contribution in [0.5, 0.6) is 0 Å². The fourth-order valence-electron chi connectivity index (χ4n) is 5.33. The Bertz CT molecular complexity index is 1150. The van der Waals surface area contributed by atoms with Gasteiger partial charge in [0.05, 0.1) is 0 Å². The van der Waals surface area contributed by atoms with Gasteiger partial charge in [-0.05, 0) is 76.1 Å². The number of ether oxygens (including phenoxy) is 1. The van der Waals surface area contributed by atoms with Gasteiger partial charge in [-0.3, -0.25) is 9.59 Å². The average Bonchev–Trinajstić information content (AvgIpc) is 2.92. The lowest BCUT2D eigenvalue weighted by Gasteiger charge is -2.36. The lowest BCUT2D eigenvalue weighted by molar-refractivity contribution is -0.143. The van der Waals surface area contributed by atoms with E-state index in [1.807, 2.05) is 62.4 Å². The minimum atomic E-state index is -0.902. The van der Waals surface area contributed by atoms with E-state index in [-0.39, 0.29) is 24.3 Å². The van der Waals surface area contributed by atoms with Gasteiger partial charge in [-0.25, -0.2) is 4.79 Å². The van der Waals surface area contributed by atoms with Gasteiger partial charge in [-0.15, -0.1) is 0 Å². The van der Waals surface area contributed by atoms with Gasteiger partial charge in [0.15, 0.2) is 0 Å². The van der Waals surface area contributed by atoms with Gasteiger partial charge in [0, 0.05) is 19.0 Å². The minimum absolute atomic E-state index is 0.105. The van der Waals surface area contributed by atoms with Crippen LogP contribution >= 0.6 is 0 Å². The summed E-state index contributed by atoms with van der Waals surface area (Å²) in [5.41, 5.74) is 3.16. The summed E-state index contributed by atoms with van der Waals surface area (Å²) in [6.07, 6.45) is 6.49. The number of rotatable bonds is 11. The Balaban J connectivity index is 2.02. The molecule has 3 amide bonds. The number of hydrogen-bond donors (Lipinski definition) is 2. The summed E-state index contributed by atoms with van der Waals surface area (Å²) in [4.78, 5) is 43.2. The second-order valence-corrected chi connectivity index (χ2v) is 12.4. The van der Waals surface area contributed by atoms with Gasteiger partial charge in [0.25, 0.3) is 0 Å². The third-order valence-corrected chi connectivity index (χ3v) is 7.67. The first-order chi connectivity index (χ1) is 19.5. The molecule has 41 heavy (non-hydrogen) atoms. The molecule has 2 atom stereocenters. The van der Waals surface area contributed by atoms with E-state index >= 15 is 0 Å². The van der Waals surface area contributed by atoms with E-state index in [1.54, 1.807) is 25.7 Å².